The lowest BCUT2D eigenvalue weighted by Crippen LogP contribution is -2.41. The van der Waals surface area contributed by atoms with E-state index in [4.69, 9.17) is 0 Å². The van der Waals surface area contributed by atoms with E-state index in [0.717, 1.165) is 0 Å². The summed E-state index contributed by atoms with van der Waals surface area (Å²) >= 11 is 1.30. The first-order valence-corrected chi connectivity index (χ1v) is 4.65. The molecule has 0 saturated heterocycles. The smallest absolute Gasteiger partial charge is 0.362 e. The monoisotopic (exact) mass is 200 g/mol. The zero-order valence-corrected chi connectivity index (χ0v) is 7.68. The number of aromatic nitrogens is 3. The molecule has 70 valence electrons. The highest BCUT2D eigenvalue weighted by molar-refractivity contribution is 7.99. The van der Waals surface area contributed by atoms with Gasteiger partial charge in [0.15, 0.2) is 5.82 Å². The highest BCUT2D eigenvalue weighted by Crippen LogP contribution is 2.31. The molecule has 1 aromatic rings. The predicted molar refractivity (Wildman–Crippen MR) is 47.6 cm³/mol. The lowest BCUT2D eigenvalue weighted by molar-refractivity contribution is 0.114. The standard InChI is InChI=1S/C6H8N4O2S/c1-6(12)2-13-4-3(8-6)9-10-5(11)7-4/h12H,2H2,1H3,(H,8,9)(H,7,10,11). The molecule has 1 aliphatic rings. The second-order valence-electron chi connectivity index (χ2n) is 2.98. The van der Waals surface area contributed by atoms with E-state index >= 15 is 0 Å². The molecule has 0 radical (unpaired) electrons. The van der Waals surface area contributed by atoms with Crippen molar-refractivity contribution in [3.63, 3.8) is 0 Å². The molecule has 0 amide bonds. The van der Waals surface area contributed by atoms with Gasteiger partial charge in [-0.25, -0.2) is 9.89 Å². The number of fused-ring (bicyclic) bond motifs is 1. The fourth-order valence-electron chi connectivity index (χ4n) is 1.00. The Morgan fingerprint density at radius 3 is 3.23 bits per heavy atom. The van der Waals surface area contributed by atoms with Gasteiger partial charge in [-0.1, -0.05) is 11.8 Å². The minimum Gasteiger partial charge on any atom is -0.370 e. The molecule has 1 aliphatic heterocycles. The summed E-state index contributed by atoms with van der Waals surface area (Å²) in [4.78, 5) is 14.5. The third kappa shape index (κ3) is 1.65. The fourth-order valence-corrected chi connectivity index (χ4v) is 1.87. The van der Waals surface area contributed by atoms with Crippen molar-refractivity contribution in [1.29, 1.82) is 0 Å². The first-order valence-electron chi connectivity index (χ1n) is 3.67. The van der Waals surface area contributed by atoms with Crippen LogP contribution in [-0.4, -0.2) is 31.8 Å². The predicted octanol–water partition coefficient (Wildman–Crippen LogP) is -0.609. The van der Waals surface area contributed by atoms with Crippen LogP contribution in [0.25, 0.3) is 0 Å². The summed E-state index contributed by atoms with van der Waals surface area (Å²) in [6.45, 7) is 1.63. The maximum atomic E-state index is 10.8. The molecule has 0 saturated carbocycles. The molecular formula is C6H8N4O2S. The van der Waals surface area contributed by atoms with E-state index in [9.17, 15) is 9.90 Å². The van der Waals surface area contributed by atoms with Crippen molar-refractivity contribution in [2.24, 2.45) is 0 Å². The molecule has 7 heteroatoms. The Kier molecular flexibility index (Phi) is 1.77. The van der Waals surface area contributed by atoms with Gasteiger partial charge in [-0.05, 0) is 6.92 Å². The van der Waals surface area contributed by atoms with Crippen LogP contribution in [0.5, 0.6) is 0 Å². The maximum absolute atomic E-state index is 10.8. The van der Waals surface area contributed by atoms with E-state index in [2.05, 4.69) is 20.5 Å². The molecule has 13 heavy (non-hydrogen) atoms. The Morgan fingerprint density at radius 1 is 1.69 bits per heavy atom. The fraction of sp³-hybridized carbons (Fsp3) is 0.500. The van der Waals surface area contributed by atoms with Gasteiger partial charge in [0.2, 0.25) is 0 Å². The summed E-state index contributed by atoms with van der Waals surface area (Å²) < 4.78 is 0. The Balaban J connectivity index is 2.42. The first kappa shape index (κ1) is 8.52. The number of thioether (sulfide) groups is 1. The molecule has 1 aromatic heterocycles. The Labute approximate surface area is 77.8 Å². The average molecular weight is 200 g/mol. The van der Waals surface area contributed by atoms with Crippen molar-refractivity contribution in [1.82, 2.24) is 15.2 Å². The second-order valence-corrected chi connectivity index (χ2v) is 3.95. The SMILES string of the molecule is CC1(O)CSc2nc(=O)[nH]nc2N1. The molecule has 0 aromatic carbocycles. The number of aromatic amines is 1. The van der Waals surface area contributed by atoms with Crippen molar-refractivity contribution >= 4 is 17.6 Å². The number of aliphatic hydroxyl groups is 1. The Morgan fingerprint density at radius 2 is 2.46 bits per heavy atom. The molecule has 0 aliphatic carbocycles. The first-order chi connectivity index (χ1) is 6.07. The van der Waals surface area contributed by atoms with Crippen LogP contribution in [0.15, 0.2) is 9.82 Å². The second kappa shape index (κ2) is 2.71. The van der Waals surface area contributed by atoms with Gasteiger partial charge >= 0.3 is 5.69 Å². The van der Waals surface area contributed by atoms with Crippen LogP contribution in [0.3, 0.4) is 0 Å². The molecule has 3 N–H and O–H groups in total. The number of nitrogens with one attached hydrogen (secondary N) is 2. The summed E-state index contributed by atoms with van der Waals surface area (Å²) in [6, 6.07) is 0. The van der Waals surface area contributed by atoms with Gasteiger partial charge in [-0.15, -0.1) is 0 Å². The molecule has 0 spiro atoms. The van der Waals surface area contributed by atoms with Gasteiger partial charge < -0.3 is 10.4 Å². The highest BCUT2D eigenvalue weighted by atomic mass is 32.2. The largest absolute Gasteiger partial charge is 0.370 e. The lowest BCUT2D eigenvalue weighted by atomic mass is 10.3. The minimum atomic E-state index is -0.995. The van der Waals surface area contributed by atoms with Crippen molar-refractivity contribution in [2.75, 3.05) is 11.1 Å². The zero-order valence-electron chi connectivity index (χ0n) is 6.87. The van der Waals surface area contributed by atoms with Gasteiger partial charge in [0.1, 0.15) is 10.8 Å². The lowest BCUT2D eigenvalue weighted by Gasteiger charge is -2.29. The molecule has 1 unspecified atom stereocenters. The number of hydrogen-bond donors (Lipinski definition) is 3. The highest BCUT2D eigenvalue weighted by Gasteiger charge is 2.28. The number of hydrogen-bond acceptors (Lipinski definition) is 6. The third-order valence-corrected chi connectivity index (χ3v) is 2.81. The van der Waals surface area contributed by atoms with E-state index in [-0.39, 0.29) is 0 Å². The summed E-state index contributed by atoms with van der Waals surface area (Å²) in [7, 11) is 0. The molecule has 6 nitrogen and oxygen atoms in total. The normalized spacial score (nSPS) is 26.3. The van der Waals surface area contributed by atoms with Crippen molar-refractivity contribution in [3.05, 3.63) is 10.5 Å². The quantitative estimate of drug-likeness (QED) is 0.517. The average Bonchev–Trinajstić information content (AvgIpc) is 2.05. The van der Waals surface area contributed by atoms with Gasteiger partial charge in [0.05, 0.1) is 0 Å². The summed E-state index contributed by atoms with van der Waals surface area (Å²) in [5.41, 5.74) is -1.47. The van der Waals surface area contributed by atoms with Gasteiger partial charge in [-0.2, -0.15) is 10.1 Å². The van der Waals surface area contributed by atoms with Crippen LogP contribution < -0.4 is 11.0 Å². The summed E-state index contributed by atoms with van der Waals surface area (Å²) in [5.74, 6) is 0.860. The molecule has 0 fully saturated rings. The van der Waals surface area contributed by atoms with E-state index in [1.54, 1.807) is 6.92 Å². The number of rotatable bonds is 0. The number of H-pyrrole nitrogens is 1. The van der Waals surface area contributed by atoms with E-state index in [0.29, 0.717) is 16.6 Å². The minimum absolute atomic E-state index is 0.417. The summed E-state index contributed by atoms with van der Waals surface area (Å²) in [5, 5.41) is 18.8. The summed E-state index contributed by atoms with van der Waals surface area (Å²) in [6.07, 6.45) is 0. The van der Waals surface area contributed by atoms with Crippen LogP contribution in [0.2, 0.25) is 0 Å². The third-order valence-electron chi connectivity index (χ3n) is 1.55. The van der Waals surface area contributed by atoms with Crippen molar-refractivity contribution < 1.29 is 5.11 Å². The Bertz CT molecular complexity index is 388. The molecule has 1 atom stereocenters. The van der Waals surface area contributed by atoms with Gasteiger partial charge in [0.25, 0.3) is 0 Å². The van der Waals surface area contributed by atoms with Crippen molar-refractivity contribution in [2.45, 2.75) is 17.7 Å². The van der Waals surface area contributed by atoms with Crippen LogP contribution >= 0.6 is 11.8 Å². The van der Waals surface area contributed by atoms with Gasteiger partial charge in [0, 0.05) is 5.75 Å². The van der Waals surface area contributed by atoms with E-state index in [1.807, 2.05) is 0 Å². The molecule has 0 bridgehead atoms. The Hall–Kier alpha value is -1.08. The zero-order chi connectivity index (χ0) is 9.47. The molecule has 2 heterocycles. The molecule has 2 rings (SSSR count). The van der Waals surface area contributed by atoms with Crippen LogP contribution in [-0.2, 0) is 0 Å². The van der Waals surface area contributed by atoms with Gasteiger partial charge in [-0.3, -0.25) is 0 Å². The molecular weight excluding hydrogens is 192 g/mol. The number of anilines is 1. The van der Waals surface area contributed by atoms with Crippen LogP contribution in [0.4, 0.5) is 5.82 Å². The maximum Gasteiger partial charge on any atom is 0.362 e. The van der Waals surface area contributed by atoms with E-state index < -0.39 is 11.4 Å². The number of nitrogens with zero attached hydrogens (tertiary/aromatic N) is 2. The van der Waals surface area contributed by atoms with Crippen LogP contribution in [0.1, 0.15) is 6.92 Å². The van der Waals surface area contributed by atoms with Crippen molar-refractivity contribution in [3.8, 4) is 0 Å². The van der Waals surface area contributed by atoms with Crippen LogP contribution in [0, 0.1) is 0 Å². The van der Waals surface area contributed by atoms with E-state index in [1.165, 1.54) is 11.8 Å². The topological polar surface area (TPSA) is 90.9 Å².